The average molecular weight is 378 g/mol. The maximum absolute atomic E-state index is 5.48. The van der Waals surface area contributed by atoms with Gasteiger partial charge >= 0.3 is 0 Å². The number of hydrogen-bond acceptors (Lipinski definition) is 2. The quantitative estimate of drug-likeness (QED) is 0.668. The maximum Gasteiger partial charge on any atom is 0.221 e. The van der Waals surface area contributed by atoms with E-state index < -0.39 is 0 Å². The van der Waals surface area contributed by atoms with E-state index in [0.717, 1.165) is 44.0 Å². The number of H-pyrrole nitrogens is 1. The van der Waals surface area contributed by atoms with Crippen LogP contribution in [0.4, 0.5) is 0 Å². The summed E-state index contributed by atoms with van der Waals surface area (Å²) in [7, 11) is 0. The van der Waals surface area contributed by atoms with Crippen molar-refractivity contribution in [1.82, 2.24) is 14.8 Å². The Labute approximate surface area is 165 Å². The lowest BCUT2D eigenvalue weighted by molar-refractivity contribution is -0.918. The Morgan fingerprint density at radius 1 is 1.07 bits per heavy atom. The van der Waals surface area contributed by atoms with Crippen molar-refractivity contribution in [2.45, 2.75) is 26.4 Å². The van der Waals surface area contributed by atoms with Crippen molar-refractivity contribution in [2.24, 2.45) is 0 Å². The van der Waals surface area contributed by atoms with Gasteiger partial charge in [-0.15, -0.1) is 0 Å². The van der Waals surface area contributed by atoms with Gasteiger partial charge in [-0.25, -0.2) is 4.68 Å². The number of aryl methyl sites for hydroxylation is 1. The van der Waals surface area contributed by atoms with E-state index >= 15 is 0 Å². The summed E-state index contributed by atoms with van der Waals surface area (Å²) < 4.78 is 2.62. The summed E-state index contributed by atoms with van der Waals surface area (Å²) >= 11 is 5.48. The van der Waals surface area contributed by atoms with E-state index in [4.69, 9.17) is 12.2 Å². The van der Waals surface area contributed by atoms with Crippen molar-refractivity contribution in [3.05, 3.63) is 76.6 Å². The molecule has 0 bridgehead atoms. The van der Waals surface area contributed by atoms with Crippen LogP contribution in [-0.4, -0.2) is 27.9 Å². The molecule has 5 heteroatoms. The highest BCUT2D eigenvalue weighted by molar-refractivity contribution is 7.71. The molecule has 1 atom stereocenters. The van der Waals surface area contributed by atoms with Crippen LogP contribution >= 0.6 is 12.2 Å². The fourth-order valence-electron chi connectivity index (χ4n) is 3.56. The Kier molecular flexibility index (Phi) is 5.32. The van der Waals surface area contributed by atoms with Crippen LogP contribution in [0.1, 0.15) is 24.5 Å². The van der Waals surface area contributed by atoms with Crippen LogP contribution in [0, 0.1) is 4.77 Å². The van der Waals surface area contributed by atoms with E-state index in [1.54, 1.807) is 0 Å². The Bertz CT molecular complexity index is 983. The summed E-state index contributed by atoms with van der Waals surface area (Å²) in [5.41, 5.74) is 5.20. The third kappa shape index (κ3) is 4.10. The highest BCUT2D eigenvalue weighted by Crippen LogP contribution is 2.18. The highest BCUT2D eigenvalue weighted by Gasteiger charge is 2.17. The molecule has 2 aromatic carbocycles. The second-order valence-corrected chi connectivity index (χ2v) is 7.41. The van der Waals surface area contributed by atoms with Crippen LogP contribution in [-0.2, 0) is 13.1 Å². The third-order valence-corrected chi connectivity index (χ3v) is 5.54. The molecule has 0 saturated heterocycles. The zero-order valence-corrected chi connectivity index (χ0v) is 16.4. The number of rotatable bonds is 5. The molecule has 138 valence electrons. The van der Waals surface area contributed by atoms with Gasteiger partial charge in [0.2, 0.25) is 4.77 Å². The molecule has 2 heterocycles. The van der Waals surface area contributed by atoms with Crippen LogP contribution in [0.15, 0.2) is 60.7 Å². The molecule has 0 aliphatic carbocycles. The molecule has 4 rings (SSSR count). The smallest absolute Gasteiger partial charge is 0.221 e. The number of nitrogens with zero attached hydrogens (tertiary/aromatic N) is 2. The van der Waals surface area contributed by atoms with Gasteiger partial charge in [-0.05, 0) is 41.4 Å². The first-order valence-corrected chi connectivity index (χ1v) is 9.98. The fraction of sp³-hybridized carbons (Fsp3) is 0.273. The van der Waals surface area contributed by atoms with E-state index in [1.807, 2.05) is 4.68 Å². The lowest BCUT2D eigenvalue weighted by Crippen LogP contribution is -3.11. The SMILES string of the molecule is CCc1ccc(-c2nc(=S)n(C[NH+]3CC=C(c4ccccc4)CC3)[nH]2)cc1. The topological polar surface area (TPSA) is 38.0 Å². The summed E-state index contributed by atoms with van der Waals surface area (Å²) in [6, 6.07) is 19.2. The van der Waals surface area contributed by atoms with Crippen LogP contribution in [0.3, 0.4) is 0 Å². The van der Waals surface area contributed by atoms with Gasteiger partial charge in [0, 0.05) is 12.0 Å². The Balaban J connectivity index is 1.45. The molecular weight excluding hydrogens is 352 g/mol. The van der Waals surface area contributed by atoms with Crippen molar-refractivity contribution < 1.29 is 4.90 Å². The molecule has 1 aliphatic heterocycles. The summed E-state index contributed by atoms with van der Waals surface area (Å²) in [5.74, 6) is 0.847. The molecule has 1 aliphatic rings. The minimum absolute atomic E-state index is 0.620. The van der Waals surface area contributed by atoms with E-state index in [-0.39, 0.29) is 0 Å². The minimum atomic E-state index is 0.620. The standard InChI is InChI=1S/C22H24N4S/c1-2-17-8-10-20(11-9-17)21-23-22(27)26(24-21)16-25-14-12-19(13-15-25)18-6-4-3-5-7-18/h3-12H,2,13-16H2,1H3,(H,23,24,27)/p+1. The molecule has 4 nitrogen and oxygen atoms in total. The zero-order chi connectivity index (χ0) is 18.6. The number of aromatic amines is 1. The van der Waals surface area contributed by atoms with E-state index in [1.165, 1.54) is 21.6 Å². The number of nitrogens with one attached hydrogen (secondary N) is 2. The molecule has 1 aromatic heterocycles. The largest absolute Gasteiger partial charge is 0.313 e. The van der Waals surface area contributed by atoms with Crippen molar-refractivity contribution in [2.75, 3.05) is 13.1 Å². The predicted molar refractivity (Wildman–Crippen MR) is 112 cm³/mol. The maximum atomic E-state index is 5.48. The van der Waals surface area contributed by atoms with Crippen LogP contribution in [0.25, 0.3) is 17.0 Å². The Morgan fingerprint density at radius 2 is 1.85 bits per heavy atom. The molecule has 0 spiro atoms. The fourth-order valence-corrected chi connectivity index (χ4v) is 3.76. The number of benzene rings is 2. The monoisotopic (exact) mass is 377 g/mol. The van der Waals surface area contributed by atoms with Crippen LogP contribution in [0.5, 0.6) is 0 Å². The second kappa shape index (κ2) is 8.03. The predicted octanol–water partition coefficient (Wildman–Crippen LogP) is 3.50. The first-order valence-electron chi connectivity index (χ1n) is 9.57. The number of aromatic nitrogens is 3. The van der Waals surface area contributed by atoms with Gasteiger partial charge in [0.25, 0.3) is 0 Å². The van der Waals surface area contributed by atoms with Gasteiger partial charge in [0.1, 0.15) is 0 Å². The summed E-state index contributed by atoms with van der Waals surface area (Å²) in [4.78, 5) is 6.05. The Morgan fingerprint density at radius 3 is 2.52 bits per heavy atom. The zero-order valence-electron chi connectivity index (χ0n) is 15.6. The lowest BCUT2D eigenvalue weighted by Gasteiger charge is -2.23. The van der Waals surface area contributed by atoms with Gasteiger partial charge in [-0.3, -0.25) is 5.10 Å². The summed E-state index contributed by atoms with van der Waals surface area (Å²) in [6.45, 7) is 5.08. The van der Waals surface area contributed by atoms with Gasteiger partial charge in [-0.1, -0.05) is 61.5 Å². The first kappa shape index (κ1) is 17.9. The normalized spacial score (nSPS) is 16.9. The molecule has 0 saturated carbocycles. The van der Waals surface area contributed by atoms with Crippen molar-refractivity contribution in [1.29, 1.82) is 0 Å². The molecule has 0 amide bonds. The van der Waals surface area contributed by atoms with Crippen LogP contribution < -0.4 is 4.90 Å². The summed E-state index contributed by atoms with van der Waals surface area (Å²) in [5, 5.41) is 3.39. The van der Waals surface area contributed by atoms with Gasteiger partial charge in [0.05, 0.1) is 13.1 Å². The molecule has 1 unspecified atom stereocenters. The number of hydrogen-bond donors (Lipinski definition) is 2. The molecule has 3 aromatic rings. The molecule has 0 radical (unpaired) electrons. The van der Waals surface area contributed by atoms with Gasteiger partial charge in [-0.2, -0.15) is 4.98 Å². The van der Waals surface area contributed by atoms with Crippen molar-refractivity contribution in [3.8, 4) is 11.4 Å². The molecule has 0 fully saturated rings. The first-order chi connectivity index (χ1) is 13.2. The minimum Gasteiger partial charge on any atom is -0.313 e. The average Bonchev–Trinajstić information content (AvgIpc) is 3.09. The molecular formula is C22H25N4S+. The Hall–Kier alpha value is -2.50. The van der Waals surface area contributed by atoms with Crippen molar-refractivity contribution in [3.63, 3.8) is 0 Å². The molecule has 2 N–H and O–H groups in total. The van der Waals surface area contributed by atoms with E-state index in [2.05, 4.69) is 77.7 Å². The lowest BCUT2D eigenvalue weighted by atomic mass is 10.00. The third-order valence-electron chi connectivity index (χ3n) is 5.23. The van der Waals surface area contributed by atoms with Gasteiger partial charge in [0.15, 0.2) is 12.5 Å². The van der Waals surface area contributed by atoms with Gasteiger partial charge < -0.3 is 4.90 Å². The van der Waals surface area contributed by atoms with Crippen molar-refractivity contribution >= 4 is 17.8 Å². The summed E-state index contributed by atoms with van der Waals surface area (Å²) in [6.07, 6.45) is 4.49. The van der Waals surface area contributed by atoms with E-state index in [0.29, 0.717) is 4.77 Å². The second-order valence-electron chi connectivity index (χ2n) is 7.04. The van der Waals surface area contributed by atoms with Crippen LogP contribution in [0.2, 0.25) is 0 Å². The molecule has 27 heavy (non-hydrogen) atoms. The van der Waals surface area contributed by atoms with E-state index in [9.17, 15) is 0 Å². The number of quaternary nitrogens is 1. The highest BCUT2D eigenvalue weighted by atomic mass is 32.1.